The lowest BCUT2D eigenvalue weighted by Crippen LogP contribution is -2.55. The summed E-state index contributed by atoms with van der Waals surface area (Å²) in [6.07, 6.45) is 16.1. The summed E-state index contributed by atoms with van der Waals surface area (Å²) in [4.78, 5) is 47.9. The molecule has 0 aromatic carbocycles. The lowest BCUT2D eigenvalue weighted by molar-refractivity contribution is -0.145. The van der Waals surface area contributed by atoms with Crippen molar-refractivity contribution in [3.05, 3.63) is 24.3 Å². The zero-order valence-corrected chi connectivity index (χ0v) is 21.6. The molecule has 0 aromatic rings. The van der Waals surface area contributed by atoms with Crippen molar-refractivity contribution >= 4 is 29.5 Å². The van der Waals surface area contributed by atoms with E-state index in [2.05, 4.69) is 31.2 Å². The molecule has 5 atom stereocenters. The number of aliphatic hydroxyl groups is 1. The molecule has 0 bridgehead atoms. The predicted octanol–water partition coefficient (Wildman–Crippen LogP) is 2.60. The highest BCUT2D eigenvalue weighted by Gasteiger charge is 2.71. The van der Waals surface area contributed by atoms with Crippen molar-refractivity contribution in [1.29, 1.82) is 0 Å². The van der Waals surface area contributed by atoms with E-state index in [9.17, 15) is 19.5 Å². The molecule has 4 heterocycles. The van der Waals surface area contributed by atoms with E-state index in [1.165, 1.54) is 6.42 Å². The SMILES string of the molecule is CCCN1CC=C[C@H]2S[C@]34C=CCN(C5CCCCC5)C(=O)C3N(CCCCO)C(=O)[C@@H]4[C@H]2C1=O. The molecule has 8 heteroatoms. The number of amides is 3. The Balaban J connectivity index is 1.54. The second-order valence-electron chi connectivity index (χ2n) is 10.7. The number of aliphatic hydroxyl groups excluding tert-OH is 1. The van der Waals surface area contributed by atoms with Crippen LogP contribution in [-0.2, 0) is 14.4 Å². The van der Waals surface area contributed by atoms with Crippen LogP contribution >= 0.6 is 11.8 Å². The van der Waals surface area contributed by atoms with Crippen LogP contribution in [-0.4, -0.2) is 92.4 Å². The van der Waals surface area contributed by atoms with Gasteiger partial charge in [0.15, 0.2) is 0 Å². The van der Waals surface area contributed by atoms with Crippen LogP contribution in [0.5, 0.6) is 0 Å². The van der Waals surface area contributed by atoms with Crippen LogP contribution < -0.4 is 0 Å². The van der Waals surface area contributed by atoms with Gasteiger partial charge in [-0.05, 0) is 32.1 Å². The van der Waals surface area contributed by atoms with Gasteiger partial charge < -0.3 is 19.8 Å². The minimum atomic E-state index is -0.721. The number of carbonyl (C=O) groups excluding carboxylic acids is 3. The van der Waals surface area contributed by atoms with Crippen molar-refractivity contribution in [1.82, 2.24) is 14.7 Å². The van der Waals surface area contributed by atoms with Gasteiger partial charge in [-0.25, -0.2) is 0 Å². The van der Waals surface area contributed by atoms with Gasteiger partial charge in [0.05, 0.1) is 16.6 Å². The number of unbranched alkanes of at least 4 members (excludes halogenated alkanes) is 1. The molecule has 1 unspecified atom stereocenters. The smallest absolute Gasteiger partial charge is 0.247 e. The quantitative estimate of drug-likeness (QED) is 0.428. The van der Waals surface area contributed by atoms with E-state index in [0.717, 1.165) is 32.1 Å². The first kappa shape index (κ1) is 24.9. The molecule has 5 aliphatic rings. The molecule has 3 fully saturated rings. The predicted molar refractivity (Wildman–Crippen MR) is 137 cm³/mol. The molecule has 0 aromatic heterocycles. The van der Waals surface area contributed by atoms with E-state index in [0.29, 0.717) is 39.0 Å². The normalized spacial score (nSPS) is 35.3. The topological polar surface area (TPSA) is 81.2 Å². The Morgan fingerprint density at radius 1 is 1.00 bits per heavy atom. The summed E-state index contributed by atoms with van der Waals surface area (Å²) in [7, 11) is 0. The van der Waals surface area contributed by atoms with Gasteiger partial charge in [0.25, 0.3) is 0 Å². The first-order chi connectivity index (χ1) is 17.0. The van der Waals surface area contributed by atoms with Crippen LogP contribution in [0, 0.1) is 11.8 Å². The summed E-state index contributed by atoms with van der Waals surface area (Å²) in [5, 5.41) is 9.26. The molecule has 192 valence electrons. The maximum atomic E-state index is 14.3. The third kappa shape index (κ3) is 4.14. The first-order valence-electron chi connectivity index (χ1n) is 13.6. The van der Waals surface area contributed by atoms with Crippen molar-refractivity contribution in [2.75, 3.05) is 32.8 Å². The Morgan fingerprint density at radius 2 is 1.80 bits per heavy atom. The average molecular weight is 502 g/mol. The fourth-order valence-corrected chi connectivity index (χ4v) is 9.04. The Morgan fingerprint density at radius 3 is 2.54 bits per heavy atom. The zero-order chi connectivity index (χ0) is 24.6. The maximum absolute atomic E-state index is 14.3. The van der Waals surface area contributed by atoms with Crippen molar-refractivity contribution in [2.24, 2.45) is 11.8 Å². The minimum Gasteiger partial charge on any atom is -0.396 e. The zero-order valence-electron chi connectivity index (χ0n) is 20.8. The number of nitrogens with zero attached hydrogens (tertiary/aromatic N) is 3. The molecule has 2 saturated heterocycles. The third-order valence-electron chi connectivity index (χ3n) is 8.59. The Hall–Kier alpha value is -1.80. The number of likely N-dealkylation sites (tertiary alicyclic amines) is 1. The molecule has 7 nitrogen and oxygen atoms in total. The highest BCUT2D eigenvalue weighted by molar-refractivity contribution is 8.02. The summed E-state index contributed by atoms with van der Waals surface area (Å²) in [5.41, 5.74) is 0. The fraction of sp³-hybridized carbons (Fsp3) is 0.741. The van der Waals surface area contributed by atoms with Crippen molar-refractivity contribution in [2.45, 2.75) is 80.4 Å². The summed E-state index contributed by atoms with van der Waals surface area (Å²) >= 11 is 1.67. The fourth-order valence-electron chi connectivity index (χ4n) is 7.03. The summed E-state index contributed by atoms with van der Waals surface area (Å²) in [5.74, 6) is -0.932. The van der Waals surface area contributed by atoms with Crippen LogP contribution in [0.4, 0.5) is 0 Å². The van der Waals surface area contributed by atoms with Gasteiger partial charge in [0.1, 0.15) is 6.04 Å². The van der Waals surface area contributed by atoms with Crippen LogP contribution in [0.1, 0.15) is 58.3 Å². The average Bonchev–Trinajstić information content (AvgIpc) is 3.17. The summed E-state index contributed by atoms with van der Waals surface area (Å²) < 4.78 is -0.721. The van der Waals surface area contributed by atoms with Crippen LogP contribution in [0.2, 0.25) is 0 Å². The van der Waals surface area contributed by atoms with Crippen LogP contribution in [0.25, 0.3) is 0 Å². The summed E-state index contributed by atoms with van der Waals surface area (Å²) in [6, 6.07) is -0.361. The van der Waals surface area contributed by atoms with Gasteiger partial charge in [0.2, 0.25) is 17.7 Å². The molecule has 5 rings (SSSR count). The second-order valence-corrected chi connectivity index (χ2v) is 12.2. The number of fused-ring (bicyclic) bond motifs is 2. The lowest BCUT2D eigenvalue weighted by atomic mass is 9.78. The highest BCUT2D eigenvalue weighted by Crippen LogP contribution is 2.61. The van der Waals surface area contributed by atoms with Crippen molar-refractivity contribution < 1.29 is 19.5 Å². The van der Waals surface area contributed by atoms with Crippen LogP contribution in [0.3, 0.4) is 0 Å². The van der Waals surface area contributed by atoms with E-state index < -0.39 is 22.6 Å². The summed E-state index contributed by atoms with van der Waals surface area (Å²) in [6.45, 7) is 4.42. The minimum absolute atomic E-state index is 0.0487. The van der Waals surface area contributed by atoms with E-state index >= 15 is 0 Å². The van der Waals surface area contributed by atoms with E-state index in [-0.39, 0.29) is 35.6 Å². The molecule has 1 saturated carbocycles. The van der Waals surface area contributed by atoms with E-state index in [4.69, 9.17) is 0 Å². The van der Waals surface area contributed by atoms with Gasteiger partial charge >= 0.3 is 0 Å². The number of hydrogen-bond acceptors (Lipinski definition) is 5. The first-order valence-corrected chi connectivity index (χ1v) is 14.4. The number of hydrogen-bond donors (Lipinski definition) is 1. The highest BCUT2D eigenvalue weighted by atomic mass is 32.2. The standard InChI is InChI=1S/C27H39N3O4S/c1-2-14-28-15-8-12-20-21(24(28)32)22-25(33)30(16-6-7-18-31)23-26(34)29(19-10-4-3-5-11-19)17-9-13-27(22,23)35-20/h8-9,12-13,19-23,31H,2-7,10-11,14-18H2,1H3/t20-,21+,22+,23?,27+/m1/s1. The van der Waals surface area contributed by atoms with E-state index in [1.54, 1.807) is 16.7 Å². The number of rotatable bonds is 7. The largest absolute Gasteiger partial charge is 0.396 e. The maximum Gasteiger partial charge on any atom is 0.247 e. The molecule has 35 heavy (non-hydrogen) atoms. The molecular formula is C27H39N3O4S. The molecule has 1 N–H and O–H groups in total. The molecular weight excluding hydrogens is 462 g/mol. The van der Waals surface area contributed by atoms with Gasteiger partial charge in [-0.15, -0.1) is 11.8 Å². The van der Waals surface area contributed by atoms with Gasteiger partial charge in [-0.3, -0.25) is 14.4 Å². The molecule has 1 spiro atoms. The van der Waals surface area contributed by atoms with Gasteiger partial charge in [-0.1, -0.05) is 50.5 Å². The van der Waals surface area contributed by atoms with Crippen molar-refractivity contribution in [3.8, 4) is 0 Å². The Bertz CT molecular complexity index is 901. The van der Waals surface area contributed by atoms with E-state index in [1.807, 2.05) is 9.80 Å². The van der Waals surface area contributed by atoms with Gasteiger partial charge in [0, 0.05) is 44.1 Å². The molecule has 3 amide bonds. The third-order valence-corrected chi connectivity index (χ3v) is 10.3. The van der Waals surface area contributed by atoms with Crippen LogP contribution in [0.15, 0.2) is 24.3 Å². The van der Waals surface area contributed by atoms with Gasteiger partial charge in [-0.2, -0.15) is 0 Å². The number of carbonyl (C=O) groups is 3. The molecule has 1 aliphatic carbocycles. The second kappa shape index (κ2) is 10.3. The molecule has 4 aliphatic heterocycles. The Labute approximate surface area is 213 Å². The monoisotopic (exact) mass is 501 g/mol. The molecule has 0 radical (unpaired) electrons. The number of thioether (sulfide) groups is 1. The lowest BCUT2D eigenvalue weighted by Gasteiger charge is -2.39. The van der Waals surface area contributed by atoms with Crippen molar-refractivity contribution in [3.63, 3.8) is 0 Å². The Kier molecular flexibility index (Phi) is 7.31.